The number of rotatable bonds is 1. The van der Waals surface area contributed by atoms with Gasteiger partial charge in [-0.2, -0.15) is 0 Å². The van der Waals surface area contributed by atoms with Gasteiger partial charge in [0.05, 0.1) is 0 Å². The summed E-state index contributed by atoms with van der Waals surface area (Å²) in [5.41, 5.74) is 0. The van der Waals surface area contributed by atoms with Crippen molar-refractivity contribution in [2.24, 2.45) is 0 Å². The Balaban J connectivity index is 2.27. The second kappa shape index (κ2) is 6.37. The van der Waals surface area contributed by atoms with E-state index in [1.807, 2.05) is 0 Å². The Morgan fingerprint density at radius 3 is 2.87 bits per heavy atom. The highest BCUT2D eigenvalue weighted by Crippen LogP contribution is 2.24. The van der Waals surface area contributed by atoms with Crippen molar-refractivity contribution in [1.82, 2.24) is 10.6 Å². The molecule has 0 saturated heterocycles. The molecule has 1 aliphatic rings. The van der Waals surface area contributed by atoms with E-state index in [0.717, 1.165) is 19.3 Å². The molecular formula is C9H16BrN3OS. The molecule has 1 aliphatic carbocycles. The predicted molar refractivity (Wildman–Crippen MR) is 67.9 cm³/mol. The minimum absolute atomic E-state index is 0.179. The Bertz CT molecular complexity index is 250. The summed E-state index contributed by atoms with van der Waals surface area (Å²) in [6.07, 6.45) is 6.08. The Morgan fingerprint density at radius 2 is 2.27 bits per heavy atom. The van der Waals surface area contributed by atoms with Crippen LogP contribution in [0.25, 0.3) is 0 Å². The number of carbonyl (C=O) groups is 1. The van der Waals surface area contributed by atoms with Crippen LogP contribution in [0.5, 0.6) is 0 Å². The summed E-state index contributed by atoms with van der Waals surface area (Å²) >= 11 is 4.78. The number of hydrogen-bond acceptors (Lipinski definition) is 3. The number of urea groups is 1. The topological polar surface area (TPSA) is 65.0 Å². The average Bonchev–Trinajstić information content (AvgIpc) is 2.17. The third kappa shape index (κ3) is 4.88. The van der Waals surface area contributed by atoms with E-state index in [1.165, 1.54) is 18.2 Å². The lowest BCUT2D eigenvalue weighted by atomic mass is 9.95. The second-order valence-electron chi connectivity index (χ2n) is 3.59. The fraction of sp³-hybridized carbons (Fsp3) is 0.778. The van der Waals surface area contributed by atoms with E-state index in [-0.39, 0.29) is 17.2 Å². The number of alkyl halides is 1. The Kier molecular flexibility index (Phi) is 5.45. The molecule has 0 aromatic heterocycles. The van der Waals surface area contributed by atoms with Crippen molar-refractivity contribution in [3.63, 3.8) is 0 Å². The Hall–Kier alpha value is -0.230. The maximum Gasteiger partial charge on any atom is 0.321 e. The van der Waals surface area contributed by atoms with E-state index in [4.69, 9.17) is 5.41 Å². The maximum atomic E-state index is 11.4. The van der Waals surface area contributed by atoms with Gasteiger partial charge in [-0.1, -0.05) is 34.1 Å². The van der Waals surface area contributed by atoms with Gasteiger partial charge >= 0.3 is 6.03 Å². The standard InChI is InChI=1S/C9H16BrN3OS/c1-15-8(11)13-9(14)12-7-4-2-3-6(10)5-7/h6-7H,2-5H2,1H3,(H3,11,12,13,14). The zero-order chi connectivity index (χ0) is 11.3. The summed E-state index contributed by atoms with van der Waals surface area (Å²) in [6, 6.07) is -0.0290. The molecule has 4 nitrogen and oxygen atoms in total. The van der Waals surface area contributed by atoms with Gasteiger partial charge in [0.1, 0.15) is 0 Å². The van der Waals surface area contributed by atoms with Crippen molar-refractivity contribution in [2.45, 2.75) is 36.6 Å². The molecule has 0 aromatic carbocycles. The highest BCUT2D eigenvalue weighted by atomic mass is 79.9. The van der Waals surface area contributed by atoms with Crippen LogP contribution in [0.15, 0.2) is 0 Å². The van der Waals surface area contributed by atoms with E-state index in [0.29, 0.717) is 4.83 Å². The van der Waals surface area contributed by atoms with Gasteiger partial charge in [0.25, 0.3) is 0 Å². The molecule has 3 N–H and O–H groups in total. The first kappa shape index (κ1) is 12.8. The van der Waals surface area contributed by atoms with Crippen LogP contribution in [0.1, 0.15) is 25.7 Å². The van der Waals surface area contributed by atoms with Gasteiger partial charge in [-0.05, 0) is 25.5 Å². The highest BCUT2D eigenvalue weighted by Gasteiger charge is 2.21. The molecule has 1 fully saturated rings. The van der Waals surface area contributed by atoms with Crippen LogP contribution in [-0.2, 0) is 0 Å². The molecule has 0 heterocycles. The molecule has 0 radical (unpaired) electrons. The summed E-state index contributed by atoms with van der Waals surface area (Å²) in [4.78, 5) is 11.9. The number of thioether (sulfide) groups is 1. The lowest BCUT2D eigenvalue weighted by Gasteiger charge is -2.26. The maximum absolute atomic E-state index is 11.4. The van der Waals surface area contributed by atoms with Crippen LogP contribution in [-0.4, -0.2) is 28.3 Å². The molecule has 1 rings (SSSR count). The third-order valence-electron chi connectivity index (χ3n) is 2.38. The van der Waals surface area contributed by atoms with Crippen LogP contribution >= 0.6 is 27.7 Å². The molecule has 2 atom stereocenters. The molecule has 86 valence electrons. The summed E-state index contributed by atoms with van der Waals surface area (Å²) in [5.74, 6) is 0. The zero-order valence-corrected chi connectivity index (χ0v) is 11.1. The molecule has 2 amide bonds. The first-order chi connectivity index (χ1) is 7.11. The van der Waals surface area contributed by atoms with E-state index in [2.05, 4.69) is 26.6 Å². The van der Waals surface area contributed by atoms with Crippen molar-refractivity contribution in [1.29, 1.82) is 5.41 Å². The SMILES string of the molecule is CSC(=N)NC(=O)NC1CCCC(Br)C1. The van der Waals surface area contributed by atoms with E-state index >= 15 is 0 Å². The van der Waals surface area contributed by atoms with Crippen molar-refractivity contribution >= 4 is 38.9 Å². The number of hydrogen-bond donors (Lipinski definition) is 3. The number of halogens is 1. The van der Waals surface area contributed by atoms with Gasteiger partial charge in [-0.15, -0.1) is 0 Å². The van der Waals surface area contributed by atoms with Crippen LogP contribution in [0, 0.1) is 5.41 Å². The minimum Gasteiger partial charge on any atom is -0.335 e. The van der Waals surface area contributed by atoms with Crippen LogP contribution < -0.4 is 10.6 Å². The minimum atomic E-state index is -0.263. The normalized spacial score (nSPS) is 25.7. The third-order valence-corrected chi connectivity index (χ3v) is 3.72. The van der Waals surface area contributed by atoms with Crippen molar-refractivity contribution in [2.75, 3.05) is 6.26 Å². The number of amides is 2. The molecule has 6 heteroatoms. The summed E-state index contributed by atoms with van der Waals surface area (Å²) in [7, 11) is 0. The zero-order valence-electron chi connectivity index (χ0n) is 8.68. The Labute approximate surface area is 103 Å². The van der Waals surface area contributed by atoms with Gasteiger partial charge in [-0.25, -0.2) is 4.79 Å². The average molecular weight is 294 g/mol. The second-order valence-corrected chi connectivity index (χ2v) is 5.70. The van der Waals surface area contributed by atoms with Crippen LogP contribution in [0.4, 0.5) is 4.79 Å². The van der Waals surface area contributed by atoms with Crippen molar-refractivity contribution in [3.8, 4) is 0 Å². The van der Waals surface area contributed by atoms with Crippen molar-refractivity contribution in [3.05, 3.63) is 0 Å². The molecule has 0 aliphatic heterocycles. The van der Waals surface area contributed by atoms with E-state index in [9.17, 15) is 4.79 Å². The van der Waals surface area contributed by atoms with E-state index in [1.54, 1.807) is 6.26 Å². The predicted octanol–water partition coefficient (Wildman–Crippen LogP) is 2.29. The van der Waals surface area contributed by atoms with Gasteiger partial charge in [0.15, 0.2) is 5.17 Å². The molecule has 15 heavy (non-hydrogen) atoms. The smallest absolute Gasteiger partial charge is 0.321 e. The molecule has 0 aromatic rings. The molecule has 0 bridgehead atoms. The first-order valence-corrected chi connectivity index (χ1v) is 7.10. The van der Waals surface area contributed by atoms with Gasteiger partial charge in [-0.3, -0.25) is 10.7 Å². The van der Waals surface area contributed by atoms with Crippen LogP contribution in [0.2, 0.25) is 0 Å². The van der Waals surface area contributed by atoms with Crippen LogP contribution in [0.3, 0.4) is 0 Å². The Morgan fingerprint density at radius 1 is 1.53 bits per heavy atom. The largest absolute Gasteiger partial charge is 0.335 e. The molecule has 2 unspecified atom stereocenters. The fourth-order valence-electron chi connectivity index (χ4n) is 1.64. The lowest BCUT2D eigenvalue weighted by Crippen LogP contribution is -2.45. The highest BCUT2D eigenvalue weighted by molar-refractivity contribution is 9.09. The summed E-state index contributed by atoms with van der Waals surface area (Å²) < 4.78 is 0. The first-order valence-electron chi connectivity index (χ1n) is 4.96. The van der Waals surface area contributed by atoms with Gasteiger partial charge < -0.3 is 5.32 Å². The monoisotopic (exact) mass is 293 g/mol. The summed E-state index contributed by atoms with van der Waals surface area (Å²) in [5, 5.41) is 12.8. The molecule has 1 saturated carbocycles. The van der Waals surface area contributed by atoms with Crippen molar-refractivity contribution < 1.29 is 4.79 Å². The summed E-state index contributed by atoms with van der Waals surface area (Å²) in [6.45, 7) is 0. The lowest BCUT2D eigenvalue weighted by molar-refractivity contribution is 0.238. The number of amidine groups is 1. The van der Waals surface area contributed by atoms with Gasteiger partial charge in [0.2, 0.25) is 0 Å². The fourth-order valence-corrected chi connectivity index (χ4v) is 2.61. The van der Waals surface area contributed by atoms with Gasteiger partial charge in [0, 0.05) is 10.9 Å². The molecular weight excluding hydrogens is 278 g/mol. The van der Waals surface area contributed by atoms with E-state index < -0.39 is 0 Å². The number of carbonyl (C=O) groups excluding carboxylic acids is 1. The molecule has 0 spiro atoms. The quantitative estimate of drug-likeness (QED) is 0.395. The number of nitrogens with one attached hydrogen (secondary N) is 3.